The third-order valence-electron chi connectivity index (χ3n) is 4.02. The van der Waals surface area contributed by atoms with Crippen molar-refractivity contribution in [2.45, 2.75) is 46.3 Å². The highest BCUT2D eigenvalue weighted by atomic mass is 32.1. The zero-order chi connectivity index (χ0) is 19.3. The zero-order valence-electron chi connectivity index (χ0n) is 15.1. The fourth-order valence-corrected chi connectivity index (χ4v) is 2.79. The van der Waals surface area contributed by atoms with E-state index in [1.165, 1.54) is 6.07 Å². The summed E-state index contributed by atoms with van der Waals surface area (Å²) < 4.78 is 40.3. The van der Waals surface area contributed by atoms with Gasteiger partial charge in [0.1, 0.15) is 0 Å². The number of nitrogens with one attached hydrogen (secondary N) is 2. The van der Waals surface area contributed by atoms with E-state index >= 15 is 0 Å². The first kappa shape index (κ1) is 20.2. The van der Waals surface area contributed by atoms with Crippen molar-refractivity contribution in [2.75, 3.05) is 11.9 Å². The molecule has 0 fully saturated rings. The van der Waals surface area contributed by atoms with E-state index in [0.717, 1.165) is 48.6 Å². The summed E-state index contributed by atoms with van der Waals surface area (Å²) in [6, 6.07) is 5.30. The lowest BCUT2D eigenvalue weighted by Gasteiger charge is -2.11. The van der Waals surface area contributed by atoms with Gasteiger partial charge in [-0.25, -0.2) is 0 Å². The molecule has 0 bridgehead atoms. The van der Waals surface area contributed by atoms with Crippen molar-refractivity contribution < 1.29 is 13.2 Å². The smallest absolute Gasteiger partial charge is 0.362 e. The second kappa shape index (κ2) is 8.53. The summed E-state index contributed by atoms with van der Waals surface area (Å²) in [5.41, 5.74) is 2.23. The number of rotatable bonds is 6. The molecular weight excluding hydrogens is 361 g/mol. The number of thiocarbonyl (C=S) groups is 1. The molecule has 1 aromatic heterocycles. The fraction of sp³-hybridized carbons (Fsp3) is 0.444. The Morgan fingerprint density at radius 1 is 1.27 bits per heavy atom. The van der Waals surface area contributed by atoms with Crippen LogP contribution < -0.4 is 10.6 Å². The topological polar surface area (TPSA) is 41.9 Å². The highest BCUT2D eigenvalue weighted by Gasteiger charge is 2.30. The van der Waals surface area contributed by atoms with Crippen LogP contribution in [0.1, 0.15) is 42.3 Å². The van der Waals surface area contributed by atoms with Crippen LogP contribution in [-0.4, -0.2) is 21.4 Å². The molecule has 26 heavy (non-hydrogen) atoms. The van der Waals surface area contributed by atoms with E-state index in [4.69, 9.17) is 12.2 Å². The van der Waals surface area contributed by atoms with Gasteiger partial charge < -0.3 is 10.6 Å². The molecule has 1 heterocycles. The van der Waals surface area contributed by atoms with Crippen LogP contribution in [0.25, 0.3) is 0 Å². The predicted octanol–water partition coefficient (Wildman–Crippen LogP) is 4.65. The SMILES string of the molecule is CCCCNC(=S)Nc1c(C)nn(Cc2cccc(C(F)(F)F)c2)c1C. The molecule has 8 heteroatoms. The van der Waals surface area contributed by atoms with Crippen molar-refractivity contribution in [3.8, 4) is 0 Å². The van der Waals surface area contributed by atoms with Gasteiger partial charge in [0, 0.05) is 6.54 Å². The van der Waals surface area contributed by atoms with Gasteiger partial charge in [-0.2, -0.15) is 18.3 Å². The lowest BCUT2D eigenvalue weighted by atomic mass is 10.1. The largest absolute Gasteiger partial charge is 0.416 e. The molecule has 1 aromatic carbocycles. The molecule has 2 aromatic rings. The van der Waals surface area contributed by atoms with Gasteiger partial charge in [-0.1, -0.05) is 25.5 Å². The monoisotopic (exact) mass is 384 g/mol. The molecule has 0 aliphatic rings. The number of nitrogens with zero attached hydrogens (tertiary/aromatic N) is 2. The van der Waals surface area contributed by atoms with E-state index in [1.54, 1.807) is 10.7 Å². The van der Waals surface area contributed by atoms with Gasteiger partial charge in [0.05, 0.1) is 29.2 Å². The highest BCUT2D eigenvalue weighted by molar-refractivity contribution is 7.80. The van der Waals surface area contributed by atoms with Gasteiger partial charge in [0.2, 0.25) is 0 Å². The molecule has 0 aliphatic carbocycles. The molecule has 0 aliphatic heterocycles. The number of unbranched alkanes of at least 4 members (excludes halogenated alkanes) is 1. The standard InChI is InChI=1S/C18H23F3N4S/c1-4-5-9-22-17(26)23-16-12(2)24-25(13(16)3)11-14-7-6-8-15(10-14)18(19,20)21/h6-8,10H,4-5,9,11H2,1-3H3,(H2,22,23,26). The van der Waals surface area contributed by atoms with Crippen LogP contribution >= 0.6 is 12.2 Å². The van der Waals surface area contributed by atoms with Crippen LogP contribution in [0.4, 0.5) is 18.9 Å². The van der Waals surface area contributed by atoms with Crippen molar-refractivity contribution in [1.29, 1.82) is 0 Å². The molecule has 0 saturated carbocycles. The van der Waals surface area contributed by atoms with Gasteiger partial charge in [-0.15, -0.1) is 0 Å². The third-order valence-corrected chi connectivity index (χ3v) is 4.27. The van der Waals surface area contributed by atoms with E-state index < -0.39 is 11.7 Å². The van der Waals surface area contributed by atoms with Crippen molar-refractivity contribution in [3.63, 3.8) is 0 Å². The lowest BCUT2D eigenvalue weighted by Crippen LogP contribution is -2.29. The van der Waals surface area contributed by atoms with E-state index in [1.807, 2.05) is 13.8 Å². The lowest BCUT2D eigenvalue weighted by molar-refractivity contribution is -0.137. The first-order valence-corrected chi connectivity index (χ1v) is 8.88. The summed E-state index contributed by atoms with van der Waals surface area (Å²) in [7, 11) is 0. The normalized spacial score (nSPS) is 11.5. The predicted molar refractivity (Wildman–Crippen MR) is 101 cm³/mol. The molecule has 2 N–H and O–H groups in total. The van der Waals surface area contributed by atoms with Crippen LogP contribution in [0.15, 0.2) is 24.3 Å². The Balaban J connectivity index is 2.14. The minimum Gasteiger partial charge on any atom is -0.362 e. The molecule has 0 radical (unpaired) electrons. The van der Waals surface area contributed by atoms with Gasteiger partial charge >= 0.3 is 6.18 Å². The van der Waals surface area contributed by atoms with E-state index in [9.17, 15) is 13.2 Å². The Morgan fingerprint density at radius 3 is 2.65 bits per heavy atom. The molecular formula is C18H23F3N4S. The van der Waals surface area contributed by atoms with E-state index in [2.05, 4.69) is 22.7 Å². The first-order chi connectivity index (χ1) is 12.2. The number of alkyl halides is 3. The number of halogens is 3. The van der Waals surface area contributed by atoms with E-state index in [-0.39, 0.29) is 6.54 Å². The summed E-state index contributed by atoms with van der Waals surface area (Å²) in [5, 5.41) is 11.2. The van der Waals surface area contributed by atoms with Crippen molar-refractivity contribution in [2.24, 2.45) is 0 Å². The molecule has 2 rings (SSSR count). The number of anilines is 1. The Hall–Kier alpha value is -2.09. The Kier molecular flexibility index (Phi) is 6.63. The second-order valence-corrected chi connectivity index (χ2v) is 6.54. The maximum absolute atomic E-state index is 12.9. The highest BCUT2D eigenvalue weighted by Crippen LogP contribution is 2.30. The summed E-state index contributed by atoms with van der Waals surface area (Å²) >= 11 is 5.28. The van der Waals surface area contributed by atoms with Gasteiger partial charge in [-0.05, 0) is 50.2 Å². The maximum atomic E-state index is 12.9. The van der Waals surface area contributed by atoms with Gasteiger partial charge in [0.25, 0.3) is 0 Å². The fourth-order valence-electron chi connectivity index (χ4n) is 2.59. The minimum atomic E-state index is -4.35. The van der Waals surface area contributed by atoms with Gasteiger partial charge in [0.15, 0.2) is 5.11 Å². The molecule has 0 saturated heterocycles. The Labute approximate surface area is 156 Å². The molecule has 0 atom stereocenters. The number of hydrogen-bond acceptors (Lipinski definition) is 2. The van der Waals surface area contributed by atoms with Crippen LogP contribution in [0.5, 0.6) is 0 Å². The van der Waals surface area contributed by atoms with Crippen molar-refractivity contribution in [3.05, 3.63) is 46.8 Å². The Bertz CT molecular complexity index is 768. The quantitative estimate of drug-likeness (QED) is 0.562. The first-order valence-electron chi connectivity index (χ1n) is 8.47. The number of hydrogen-bond donors (Lipinski definition) is 2. The minimum absolute atomic E-state index is 0.258. The number of aryl methyl sites for hydroxylation is 1. The van der Waals surface area contributed by atoms with Gasteiger partial charge in [-0.3, -0.25) is 4.68 Å². The molecule has 4 nitrogen and oxygen atoms in total. The van der Waals surface area contributed by atoms with Crippen LogP contribution in [0.2, 0.25) is 0 Å². The van der Waals surface area contributed by atoms with Crippen molar-refractivity contribution in [1.82, 2.24) is 15.1 Å². The average molecular weight is 384 g/mol. The zero-order valence-corrected chi connectivity index (χ0v) is 15.9. The molecule has 0 amide bonds. The second-order valence-electron chi connectivity index (χ2n) is 6.14. The van der Waals surface area contributed by atoms with Crippen molar-refractivity contribution >= 4 is 23.0 Å². The molecule has 0 spiro atoms. The summed E-state index contributed by atoms with van der Waals surface area (Å²) in [6.07, 6.45) is -2.26. The Morgan fingerprint density at radius 2 is 2.00 bits per heavy atom. The molecule has 142 valence electrons. The van der Waals surface area contributed by atoms with E-state index in [0.29, 0.717) is 10.7 Å². The maximum Gasteiger partial charge on any atom is 0.416 e. The summed E-state index contributed by atoms with van der Waals surface area (Å²) in [5.74, 6) is 0. The summed E-state index contributed by atoms with van der Waals surface area (Å²) in [6.45, 7) is 6.86. The summed E-state index contributed by atoms with van der Waals surface area (Å²) in [4.78, 5) is 0. The third kappa shape index (κ3) is 5.20. The van der Waals surface area contributed by atoms with Crippen LogP contribution in [-0.2, 0) is 12.7 Å². The number of aromatic nitrogens is 2. The number of benzene rings is 1. The van der Waals surface area contributed by atoms with Crippen LogP contribution in [0.3, 0.4) is 0 Å². The van der Waals surface area contributed by atoms with Crippen LogP contribution in [0, 0.1) is 13.8 Å². The average Bonchev–Trinajstić information content (AvgIpc) is 2.82. The molecule has 0 unspecified atom stereocenters.